The van der Waals surface area contributed by atoms with Gasteiger partial charge in [0.2, 0.25) is 0 Å². The summed E-state index contributed by atoms with van der Waals surface area (Å²) in [4.78, 5) is 25.1. The monoisotopic (exact) mass is 406 g/mol. The van der Waals surface area contributed by atoms with Crippen LogP contribution in [0.2, 0.25) is 0 Å². The summed E-state index contributed by atoms with van der Waals surface area (Å²) < 4.78 is 11.2. The molecule has 2 aromatic carbocycles. The molecule has 7 heteroatoms. The van der Waals surface area contributed by atoms with E-state index in [0.29, 0.717) is 17.1 Å². The highest BCUT2D eigenvalue weighted by molar-refractivity contribution is 9.10. The van der Waals surface area contributed by atoms with Gasteiger partial charge < -0.3 is 14.8 Å². The van der Waals surface area contributed by atoms with Crippen molar-refractivity contribution in [1.82, 2.24) is 0 Å². The molecular formula is C18H19BrN2O4. The fraction of sp³-hybridized carbons (Fsp3) is 0.222. The number of ether oxygens (including phenoxy) is 2. The van der Waals surface area contributed by atoms with Crippen LogP contribution in [0, 0.1) is 0 Å². The van der Waals surface area contributed by atoms with Crippen LogP contribution >= 0.6 is 15.9 Å². The van der Waals surface area contributed by atoms with Crippen LogP contribution in [0.25, 0.3) is 0 Å². The summed E-state index contributed by atoms with van der Waals surface area (Å²) in [6.45, 7) is 1.68. The lowest BCUT2D eigenvalue weighted by Gasteiger charge is -2.17. The molecule has 1 atom stereocenters. The Kier molecular flexibility index (Phi) is 6.41. The zero-order valence-electron chi connectivity index (χ0n) is 14.2. The van der Waals surface area contributed by atoms with Crippen molar-refractivity contribution in [3.8, 4) is 5.75 Å². The molecule has 0 radical (unpaired) electrons. The van der Waals surface area contributed by atoms with E-state index in [9.17, 15) is 9.59 Å². The number of rotatable bonds is 5. The van der Waals surface area contributed by atoms with Crippen LogP contribution in [0.4, 0.5) is 16.2 Å². The molecule has 0 aliphatic carbocycles. The van der Waals surface area contributed by atoms with Crippen molar-refractivity contribution in [3.05, 3.63) is 53.0 Å². The van der Waals surface area contributed by atoms with E-state index in [4.69, 9.17) is 4.74 Å². The first-order chi connectivity index (χ1) is 11.9. The van der Waals surface area contributed by atoms with Gasteiger partial charge in [-0.15, -0.1) is 0 Å². The van der Waals surface area contributed by atoms with Crippen molar-refractivity contribution in [2.75, 3.05) is 24.4 Å². The van der Waals surface area contributed by atoms with Gasteiger partial charge >= 0.3 is 6.09 Å². The third kappa shape index (κ3) is 5.22. The number of methoxy groups -OCH3 is 1. The van der Waals surface area contributed by atoms with E-state index in [2.05, 4.69) is 26.0 Å². The van der Waals surface area contributed by atoms with Crippen LogP contribution in [-0.4, -0.2) is 32.3 Å². The van der Waals surface area contributed by atoms with Crippen molar-refractivity contribution in [2.45, 2.75) is 13.0 Å². The minimum atomic E-state index is -0.654. The molecule has 0 heterocycles. The Hall–Kier alpha value is -2.54. The zero-order valence-corrected chi connectivity index (χ0v) is 15.7. The third-order valence-electron chi connectivity index (χ3n) is 3.47. The number of carbonyl (C=O) groups excluding carboxylic acids is 2. The van der Waals surface area contributed by atoms with Crippen molar-refractivity contribution in [1.29, 1.82) is 0 Å². The Morgan fingerprint density at radius 3 is 2.24 bits per heavy atom. The standard InChI is InChI=1S/C18H19BrN2O4/c1-12(25-16-10-4-13(19)5-11-16)17(22)20-14-6-8-15(9-7-14)21(2)18(23)24-3/h4-12H,1-3H3,(H,20,22). The van der Waals surface area contributed by atoms with E-state index < -0.39 is 12.2 Å². The highest BCUT2D eigenvalue weighted by Crippen LogP contribution is 2.19. The smallest absolute Gasteiger partial charge is 0.413 e. The van der Waals surface area contributed by atoms with Gasteiger partial charge in [-0.25, -0.2) is 4.79 Å². The molecule has 1 unspecified atom stereocenters. The van der Waals surface area contributed by atoms with Crippen molar-refractivity contribution in [2.24, 2.45) is 0 Å². The van der Waals surface area contributed by atoms with Crippen molar-refractivity contribution >= 4 is 39.3 Å². The van der Waals surface area contributed by atoms with Gasteiger partial charge in [0.1, 0.15) is 5.75 Å². The fourth-order valence-corrected chi connectivity index (χ4v) is 2.29. The highest BCUT2D eigenvalue weighted by atomic mass is 79.9. The molecule has 1 N–H and O–H groups in total. The third-order valence-corrected chi connectivity index (χ3v) is 4.00. The molecule has 0 fully saturated rings. The van der Waals surface area contributed by atoms with E-state index in [0.717, 1.165) is 4.47 Å². The second kappa shape index (κ2) is 8.53. The number of carbonyl (C=O) groups is 2. The van der Waals surface area contributed by atoms with E-state index in [1.807, 2.05) is 12.1 Å². The van der Waals surface area contributed by atoms with Crippen LogP contribution < -0.4 is 15.0 Å². The summed E-state index contributed by atoms with van der Waals surface area (Å²) in [5.41, 5.74) is 1.27. The minimum Gasteiger partial charge on any atom is -0.481 e. The first-order valence-electron chi connectivity index (χ1n) is 7.55. The fourth-order valence-electron chi connectivity index (χ4n) is 2.03. The largest absolute Gasteiger partial charge is 0.481 e. The minimum absolute atomic E-state index is 0.267. The Labute approximate surface area is 154 Å². The van der Waals surface area contributed by atoms with Crippen LogP contribution in [0.5, 0.6) is 5.75 Å². The van der Waals surface area contributed by atoms with Crippen LogP contribution in [0.1, 0.15) is 6.92 Å². The van der Waals surface area contributed by atoms with Crippen LogP contribution in [0.15, 0.2) is 53.0 Å². The average molecular weight is 407 g/mol. The highest BCUT2D eigenvalue weighted by Gasteiger charge is 2.15. The maximum atomic E-state index is 12.2. The van der Waals surface area contributed by atoms with E-state index in [1.54, 1.807) is 50.4 Å². The lowest BCUT2D eigenvalue weighted by atomic mass is 10.2. The average Bonchev–Trinajstić information content (AvgIpc) is 2.62. The Bertz CT molecular complexity index is 732. The summed E-state index contributed by atoms with van der Waals surface area (Å²) in [6.07, 6.45) is -1.12. The Morgan fingerprint density at radius 2 is 1.68 bits per heavy atom. The first-order valence-corrected chi connectivity index (χ1v) is 8.35. The number of nitrogens with zero attached hydrogens (tertiary/aromatic N) is 1. The first kappa shape index (κ1) is 18.8. The summed E-state index contributed by atoms with van der Waals surface area (Å²) in [6, 6.07) is 14.1. The summed E-state index contributed by atoms with van der Waals surface area (Å²) in [5.74, 6) is 0.345. The topological polar surface area (TPSA) is 67.9 Å². The molecule has 2 amide bonds. The number of amides is 2. The van der Waals surface area contributed by atoms with Gasteiger partial charge in [0.05, 0.1) is 7.11 Å². The number of benzene rings is 2. The molecule has 6 nitrogen and oxygen atoms in total. The van der Waals surface area contributed by atoms with Crippen LogP contribution in [0.3, 0.4) is 0 Å². The number of hydrogen-bond acceptors (Lipinski definition) is 4. The Morgan fingerprint density at radius 1 is 1.08 bits per heavy atom. The van der Waals surface area contributed by atoms with Gasteiger partial charge in [-0.1, -0.05) is 15.9 Å². The quantitative estimate of drug-likeness (QED) is 0.812. The summed E-state index contributed by atoms with van der Waals surface area (Å²) in [5, 5.41) is 2.77. The maximum absolute atomic E-state index is 12.2. The van der Waals surface area contributed by atoms with E-state index in [-0.39, 0.29) is 5.91 Å². The van der Waals surface area contributed by atoms with Gasteiger partial charge in [-0.3, -0.25) is 9.69 Å². The van der Waals surface area contributed by atoms with Gasteiger partial charge in [-0.2, -0.15) is 0 Å². The van der Waals surface area contributed by atoms with E-state index >= 15 is 0 Å². The SMILES string of the molecule is COC(=O)N(C)c1ccc(NC(=O)C(C)Oc2ccc(Br)cc2)cc1. The van der Waals surface area contributed by atoms with E-state index in [1.165, 1.54) is 12.0 Å². The molecule has 0 spiro atoms. The molecule has 132 valence electrons. The molecule has 0 saturated heterocycles. The molecule has 0 aliphatic rings. The lowest BCUT2D eigenvalue weighted by molar-refractivity contribution is -0.122. The van der Waals surface area contributed by atoms with Crippen molar-refractivity contribution in [3.63, 3.8) is 0 Å². The molecule has 25 heavy (non-hydrogen) atoms. The molecule has 0 aromatic heterocycles. The number of anilines is 2. The molecule has 0 bridgehead atoms. The van der Waals surface area contributed by atoms with Gasteiger partial charge in [-0.05, 0) is 55.5 Å². The normalized spacial score (nSPS) is 11.4. The molecule has 0 saturated carbocycles. The second-order valence-corrected chi connectivity index (χ2v) is 6.19. The second-order valence-electron chi connectivity index (χ2n) is 5.28. The predicted molar refractivity (Wildman–Crippen MR) is 100 cm³/mol. The molecule has 2 aromatic rings. The maximum Gasteiger partial charge on any atom is 0.413 e. The molecular weight excluding hydrogens is 388 g/mol. The van der Waals surface area contributed by atoms with Gasteiger partial charge in [0.15, 0.2) is 6.10 Å². The lowest BCUT2D eigenvalue weighted by Crippen LogP contribution is -2.30. The number of nitrogens with one attached hydrogen (secondary N) is 1. The van der Waals surface area contributed by atoms with Crippen LogP contribution in [-0.2, 0) is 9.53 Å². The number of halogens is 1. The predicted octanol–water partition coefficient (Wildman–Crippen LogP) is 4.06. The zero-order chi connectivity index (χ0) is 18.4. The van der Waals surface area contributed by atoms with Gasteiger partial charge in [0.25, 0.3) is 5.91 Å². The molecule has 0 aliphatic heterocycles. The van der Waals surface area contributed by atoms with Crippen molar-refractivity contribution < 1.29 is 19.1 Å². The van der Waals surface area contributed by atoms with Gasteiger partial charge in [0, 0.05) is 22.9 Å². The summed E-state index contributed by atoms with van der Waals surface area (Å²) >= 11 is 3.35. The molecule has 2 rings (SSSR count). The Balaban J connectivity index is 1.95. The number of hydrogen-bond donors (Lipinski definition) is 1. The summed E-state index contributed by atoms with van der Waals surface area (Å²) in [7, 11) is 2.92.